The molecule has 6 aliphatic rings. The van der Waals surface area contributed by atoms with Gasteiger partial charge >= 0.3 is 0 Å². The lowest BCUT2D eigenvalue weighted by atomic mass is 10.1. The summed E-state index contributed by atoms with van der Waals surface area (Å²) in [6, 6.07) is 26.6. The molecule has 64 heavy (non-hydrogen) atoms. The van der Waals surface area contributed by atoms with Gasteiger partial charge in [0.15, 0.2) is 0 Å². The third kappa shape index (κ3) is 8.62. The number of piperidine rings is 1. The number of nitrogens with zero attached hydrogens (tertiary/aromatic N) is 10. The van der Waals surface area contributed by atoms with Crippen LogP contribution >= 0.6 is 0 Å². The summed E-state index contributed by atoms with van der Waals surface area (Å²) in [6.07, 6.45) is 16.3. The lowest BCUT2D eigenvalue weighted by molar-refractivity contribution is -0.133. The number of amides is 2. The topological polar surface area (TPSA) is 100 Å². The molecule has 332 valence electrons. The molecular formula is C51H61N11O2. The summed E-state index contributed by atoms with van der Waals surface area (Å²) in [5, 5.41) is 12.5. The highest BCUT2D eigenvalue weighted by Gasteiger charge is 2.36. The highest BCUT2D eigenvalue weighted by molar-refractivity contribution is 5.84. The van der Waals surface area contributed by atoms with Gasteiger partial charge in [-0.25, -0.2) is 9.03 Å². The first kappa shape index (κ1) is 40.7. The molecule has 2 saturated carbocycles. The molecule has 1 N–H and O–H groups in total. The molecule has 4 saturated heterocycles. The van der Waals surface area contributed by atoms with Crippen LogP contribution in [-0.4, -0.2) is 132 Å². The summed E-state index contributed by atoms with van der Waals surface area (Å²) < 4.78 is 3.97. The molecule has 8 heterocycles. The van der Waals surface area contributed by atoms with E-state index in [9.17, 15) is 9.59 Å². The fourth-order valence-corrected chi connectivity index (χ4v) is 10.2. The average Bonchev–Trinajstić information content (AvgIpc) is 4.31. The van der Waals surface area contributed by atoms with Gasteiger partial charge in [0, 0.05) is 151 Å². The van der Waals surface area contributed by atoms with Crippen molar-refractivity contribution in [2.24, 2.45) is 11.8 Å². The Hall–Kier alpha value is -6.08. The molecule has 6 fully saturated rings. The normalized spacial score (nSPS) is 19.6. The summed E-state index contributed by atoms with van der Waals surface area (Å²) in [5.74, 6) is 1.34. The second-order valence-corrected chi connectivity index (χ2v) is 18.6. The number of carbonyl (C=O) groups is 2. The first-order valence-corrected chi connectivity index (χ1v) is 24.0. The van der Waals surface area contributed by atoms with E-state index in [1.807, 2.05) is 21.4 Å². The van der Waals surface area contributed by atoms with E-state index in [-0.39, 0.29) is 0 Å². The Morgan fingerprint density at radius 3 is 1.30 bits per heavy atom. The molecule has 0 unspecified atom stereocenters. The van der Waals surface area contributed by atoms with Gasteiger partial charge in [-0.2, -0.15) is 10.2 Å². The molecule has 0 radical (unpaired) electrons. The van der Waals surface area contributed by atoms with Gasteiger partial charge in [0.05, 0.1) is 22.4 Å². The number of nitrogens with one attached hydrogen (secondary N) is 1. The highest BCUT2D eigenvalue weighted by Crippen LogP contribution is 2.35. The zero-order valence-corrected chi connectivity index (χ0v) is 37.0. The number of hydrogen-bond acceptors (Lipinski definition) is 9. The molecule has 2 aliphatic carbocycles. The molecule has 13 nitrogen and oxygen atoms in total. The van der Waals surface area contributed by atoms with Crippen molar-refractivity contribution in [1.82, 2.24) is 34.3 Å². The smallest absolute Gasteiger partial charge is 0.225 e. The number of piperazine rings is 3. The maximum atomic E-state index is 12.4. The summed E-state index contributed by atoms with van der Waals surface area (Å²) in [7, 11) is 0. The number of aromatic nitrogens is 4. The molecule has 2 amide bonds. The minimum Gasteiger partial charge on any atom is -0.372 e. The predicted octanol–water partition coefficient (Wildman–Crippen LogP) is 6.52. The molecule has 4 aromatic heterocycles. The van der Waals surface area contributed by atoms with Crippen molar-refractivity contribution in [2.75, 3.05) is 111 Å². The Kier molecular flexibility index (Phi) is 11.3. The van der Waals surface area contributed by atoms with Crippen molar-refractivity contribution < 1.29 is 9.59 Å². The Morgan fingerprint density at radius 1 is 0.453 bits per heavy atom. The zero-order valence-electron chi connectivity index (χ0n) is 37.0. The third-order valence-corrected chi connectivity index (χ3v) is 14.3. The van der Waals surface area contributed by atoms with Crippen molar-refractivity contribution >= 4 is 45.6 Å². The van der Waals surface area contributed by atoms with E-state index >= 15 is 0 Å². The van der Waals surface area contributed by atoms with Crippen LogP contribution < -0.4 is 24.9 Å². The van der Waals surface area contributed by atoms with Crippen LogP contribution in [0.3, 0.4) is 0 Å². The van der Waals surface area contributed by atoms with Crippen LogP contribution in [0.15, 0.2) is 97.6 Å². The number of hydrogen-bond donors (Lipinski definition) is 1. The van der Waals surface area contributed by atoms with E-state index in [0.717, 1.165) is 115 Å². The van der Waals surface area contributed by atoms with Crippen molar-refractivity contribution in [3.63, 3.8) is 0 Å². The van der Waals surface area contributed by atoms with Crippen LogP contribution in [0.25, 0.3) is 33.3 Å². The molecule has 2 aromatic carbocycles. The number of anilines is 4. The Labute approximate surface area is 376 Å². The van der Waals surface area contributed by atoms with Crippen molar-refractivity contribution in [2.45, 2.75) is 44.9 Å². The van der Waals surface area contributed by atoms with Gasteiger partial charge in [-0.05, 0) is 105 Å². The van der Waals surface area contributed by atoms with E-state index in [1.165, 1.54) is 77.4 Å². The second kappa shape index (κ2) is 17.8. The first-order chi connectivity index (χ1) is 31.5. The van der Waals surface area contributed by atoms with Crippen LogP contribution in [0, 0.1) is 11.8 Å². The van der Waals surface area contributed by atoms with Gasteiger partial charge in [0.1, 0.15) is 0 Å². The maximum Gasteiger partial charge on any atom is 0.225 e. The highest BCUT2D eigenvalue weighted by atomic mass is 16.2. The quantitative estimate of drug-likeness (QED) is 0.184. The standard InChI is InChI=1S/C26H31N5O.C25H30N6O/c32-26(21-4-5-21)30-16-14-29(15-17-30)24-10-11-27-31-19-22(18-25(24)31)20-6-8-23(9-7-20)28-12-2-1-3-13-28;32-25(20-1-2-20)30-15-13-29(14-16-30)23-7-8-27-31-18-21(17-24(23)31)19-3-5-22(6-4-19)28-11-9-26-10-12-28/h6-11,18-19,21H,1-5,12-17H2;3-8,17-18,20,26H,1-2,9-16H2. The third-order valence-electron chi connectivity index (χ3n) is 14.3. The molecule has 12 rings (SSSR count). The molecule has 4 aliphatic heterocycles. The van der Waals surface area contributed by atoms with Gasteiger partial charge in [-0.3, -0.25) is 9.59 Å². The van der Waals surface area contributed by atoms with Crippen LogP contribution in [0.1, 0.15) is 44.9 Å². The fraction of sp³-hybridized carbons (Fsp3) is 0.451. The first-order valence-electron chi connectivity index (χ1n) is 24.0. The Morgan fingerprint density at radius 2 is 0.875 bits per heavy atom. The van der Waals surface area contributed by atoms with Gasteiger partial charge in [-0.1, -0.05) is 24.3 Å². The summed E-state index contributed by atoms with van der Waals surface area (Å²) >= 11 is 0. The number of rotatable bonds is 8. The number of fused-ring (bicyclic) bond motifs is 2. The van der Waals surface area contributed by atoms with E-state index in [4.69, 9.17) is 0 Å². The maximum absolute atomic E-state index is 12.4. The number of benzene rings is 2. The summed E-state index contributed by atoms with van der Waals surface area (Å²) in [6.45, 7) is 13.3. The monoisotopic (exact) mass is 860 g/mol. The van der Waals surface area contributed by atoms with E-state index in [2.05, 4.69) is 130 Å². The van der Waals surface area contributed by atoms with Crippen molar-refractivity contribution in [1.29, 1.82) is 0 Å². The van der Waals surface area contributed by atoms with Crippen LogP contribution in [0.2, 0.25) is 0 Å². The molecule has 6 aromatic rings. The van der Waals surface area contributed by atoms with E-state index < -0.39 is 0 Å². The molecular weight excluding hydrogens is 799 g/mol. The van der Waals surface area contributed by atoms with Gasteiger partial charge < -0.3 is 34.7 Å². The number of carbonyl (C=O) groups excluding carboxylic acids is 2. The lowest BCUT2D eigenvalue weighted by Crippen LogP contribution is -2.49. The molecule has 0 atom stereocenters. The predicted molar refractivity (Wildman–Crippen MR) is 255 cm³/mol. The van der Waals surface area contributed by atoms with Gasteiger partial charge in [0.25, 0.3) is 0 Å². The Bertz CT molecular complexity index is 2390. The SMILES string of the molecule is O=C(C1CC1)N1CCN(c2ccnn3cc(-c4ccc(N5CCCCC5)cc4)cc23)CC1.O=C(C1CC1)N1CCN(c2ccnn3cc(-c4ccc(N5CCNCC5)cc4)cc23)CC1. The summed E-state index contributed by atoms with van der Waals surface area (Å²) in [5.41, 5.74) is 12.1. The van der Waals surface area contributed by atoms with Crippen molar-refractivity contribution in [3.05, 3.63) is 97.6 Å². The lowest BCUT2D eigenvalue weighted by Gasteiger charge is -2.36. The minimum atomic E-state index is 0.306. The van der Waals surface area contributed by atoms with Gasteiger partial charge in [-0.15, -0.1) is 0 Å². The largest absolute Gasteiger partial charge is 0.372 e. The molecule has 0 spiro atoms. The zero-order chi connectivity index (χ0) is 43.0. The van der Waals surface area contributed by atoms with Crippen LogP contribution in [0.5, 0.6) is 0 Å². The van der Waals surface area contributed by atoms with Crippen molar-refractivity contribution in [3.8, 4) is 22.3 Å². The molecule has 0 bridgehead atoms. The summed E-state index contributed by atoms with van der Waals surface area (Å²) in [4.78, 5) is 38.6. The van der Waals surface area contributed by atoms with E-state index in [1.54, 1.807) is 0 Å². The Balaban J connectivity index is 0.000000143. The minimum absolute atomic E-state index is 0.306. The van der Waals surface area contributed by atoms with Crippen LogP contribution in [0.4, 0.5) is 22.7 Å². The van der Waals surface area contributed by atoms with E-state index in [0.29, 0.717) is 23.7 Å². The average molecular weight is 860 g/mol. The van der Waals surface area contributed by atoms with Crippen LogP contribution in [-0.2, 0) is 9.59 Å². The van der Waals surface area contributed by atoms with Gasteiger partial charge in [0.2, 0.25) is 11.8 Å². The molecule has 13 heteroatoms. The fourth-order valence-electron chi connectivity index (χ4n) is 10.2. The second-order valence-electron chi connectivity index (χ2n) is 18.6.